The van der Waals surface area contributed by atoms with Crippen LogP contribution >= 0.6 is 23.5 Å². The Morgan fingerprint density at radius 3 is 2.65 bits per heavy atom. The van der Waals surface area contributed by atoms with Crippen LogP contribution in [0.15, 0.2) is 24.3 Å². The molecule has 1 nitrogen and oxygen atoms in total. The van der Waals surface area contributed by atoms with Gasteiger partial charge in [-0.3, -0.25) is 0 Å². The zero-order chi connectivity index (χ0) is 12.1. The Hall–Kier alpha value is -0.120. The summed E-state index contributed by atoms with van der Waals surface area (Å²) in [5.74, 6) is 3.73. The van der Waals surface area contributed by atoms with Crippen LogP contribution in [0.2, 0.25) is 0 Å². The quantitative estimate of drug-likeness (QED) is 0.904. The van der Waals surface area contributed by atoms with Crippen molar-refractivity contribution in [2.75, 3.05) is 17.3 Å². The molecule has 1 aromatic rings. The predicted octanol–water partition coefficient (Wildman–Crippen LogP) is 3.49. The molecule has 1 aliphatic heterocycles. The highest BCUT2D eigenvalue weighted by Gasteiger charge is 2.22. The minimum Gasteiger partial charge on any atom is -0.323 e. The lowest BCUT2D eigenvalue weighted by atomic mass is 10.0. The number of thioether (sulfide) groups is 2. The Kier molecular flexibility index (Phi) is 5.26. The van der Waals surface area contributed by atoms with Gasteiger partial charge in [0.25, 0.3) is 0 Å². The molecule has 2 unspecified atom stereocenters. The van der Waals surface area contributed by atoms with Crippen LogP contribution in [0, 0.1) is 0 Å². The minimum absolute atomic E-state index is 0.198. The van der Waals surface area contributed by atoms with Gasteiger partial charge in [-0.05, 0) is 17.5 Å². The Bertz CT molecular complexity index is 331. The molecular formula is C14H21NS2. The van der Waals surface area contributed by atoms with Crippen LogP contribution in [0.25, 0.3) is 0 Å². The highest BCUT2D eigenvalue weighted by Crippen LogP contribution is 2.32. The van der Waals surface area contributed by atoms with Gasteiger partial charge in [0.1, 0.15) is 0 Å². The second-order valence-corrected chi connectivity index (χ2v) is 7.00. The van der Waals surface area contributed by atoms with E-state index in [1.807, 2.05) is 23.5 Å². The number of hydrogen-bond acceptors (Lipinski definition) is 3. The molecule has 2 atom stereocenters. The molecule has 1 heterocycles. The van der Waals surface area contributed by atoms with Gasteiger partial charge in [-0.1, -0.05) is 37.6 Å². The summed E-state index contributed by atoms with van der Waals surface area (Å²) in [5, 5.41) is 0.589. The fourth-order valence-corrected chi connectivity index (χ4v) is 4.93. The molecule has 17 heavy (non-hydrogen) atoms. The number of hydrogen-bond donors (Lipinski definition) is 1. The monoisotopic (exact) mass is 267 g/mol. The summed E-state index contributed by atoms with van der Waals surface area (Å²) in [6, 6.07) is 9.10. The maximum Gasteiger partial charge on any atom is 0.0423 e. The van der Waals surface area contributed by atoms with Crippen molar-refractivity contribution in [2.24, 2.45) is 5.73 Å². The highest BCUT2D eigenvalue weighted by atomic mass is 32.2. The Morgan fingerprint density at radius 2 is 2.06 bits per heavy atom. The Balaban J connectivity index is 2.00. The molecule has 94 valence electrons. The van der Waals surface area contributed by atoms with Crippen LogP contribution in [0.1, 0.15) is 30.5 Å². The van der Waals surface area contributed by atoms with Crippen molar-refractivity contribution in [1.82, 2.24) is 0 Å². The van der Waals surface area contributed by atoms with Crippen molar-refractivity contribution in [2.45, 2.75) is 31.1 Å². The topological polar surface area (TPSA) is 26.0 Å². The van der Waals surface area contributed by atoms with Crippen LogP contribution in [0.4, 0.5) is 0 Å². The van der Waals surface area contributed by atoms with Crippen LogP contribution in [0.3, 0.4) is 0 Å². The predicted molar refractivity (Wildman–Crippen MR) is 80.9 cm³/mol. The largest absolute Gasteiger partial charge is 0.323 e. The molecule has 0 saturated carbocycles. The normalized spacial score (nSPS) is 22.4. The standard InChI is InChI=1S/C14H21NS2/c1-2-3-11-4-6-12(7-5-11)14(15)13-10-16-8-9-17-13/h4-7,13-14H,2-3,8-10,15H2,1H3. The molecule has 0 spiro atoms. The van der Waals surface area contributed by atoms with Gasteiger partial charge in [-0.2, -0.15) is 23.5 Å². The molecule has 2 rings (SSSR count). The van der Waals surface area contributed by atoms with Crippen LogP contribution in [-0.4, -0.2) is 22.5 Å². The van der Waals surface area contributed by atoms with Crippen molar-refractivity contribution in [1.29, 1.82) is 0 Å². The van der Waals surface area contributed by atoms with E-state index in [1.165, 1.54) is 41.2 Å². The molecule has 0 aliphatic carbocycles. The van der Waals surface area contributed by atoms with Gasteiger partial charge in [0, 0.05) is 28.6 Å². The van der Waals surface area contributed by atoms with Crippen LogP contribution in [0.5, 0.6) is 0 Å². The van der Waals surface area contributed by atoms with E-state index in [2.05, 4.69) is 31.2 Å². The molecular weight excluding hydrogens is 246 g/mol. The zero-order valence-corrected chi connectivity index (χ0v) is 12.0. The van der Waals surface area contributed by atoms with E-state index in [0.29, 0.717) is 5.25 Å². The molecule has 1 saturated heterocycles. The molecule has 3 heteroatoms. The highest BCUT2D eigenvalue weighted by molar-refractivity contribution is 8.06. The van der Waals surface area contributed by atoms with Crippen molar-refractivity contribution < 1.29 is 0 Å². The summed E-state index contributed by atoms with van der Waals surface area (Å²) >= 11 is 4.07. The van der Waals surface area contributed by atoms with Crippen LogP contribution < -0.4 is 5.73 Å². The minimum atomic E-state index is 0.198. The third kappa shape index (κ3) is 3.67. The maximum absolute atomic E-state index is 6.36. The number of benzene rings is 1. The van der Waals surface area contributed by atoms with E-state index in [1.54, 1.807) is 0 Å². The Labute approximate surface area is 113 Å². The summed E-state index contributed by atoms with van der Waals surface area (Å²) < 4.78 is 0. The summed E-state index contributed by atoms with van der Waals surface area (Å²) in [6.45, 7) is 2.22. The first-order chi connectivity index (χ1) is 8.31. The molecule has 0 aromatic heterocycles. The lowest BCUT2D eigenvalue weighted by Gasteiger charge is -2.27. The first-order valence-electron chi connectivity index (χ1n) is 6.35. The fraction of sp³-hybridized carbons (Fsp3) is 0.571. The summed E-state index contributed by atoms with van der Waals surface area (Å²) in [4.78, 5) is 0. The molecule has 1 fully saturated rings. The van der Waals surface area contributed by atoms with Gasteiger partial charge in [0.05, 0.1) is 0 Å². The summed E-state index contributed by atoms with van der Waals surface area (Å²) in [7, 11) is 0. The molecule has 1 aliphatic rings. The van der Waals surface area contributed by atoms with Gasteiger partial charge < -0.3 is 5.73 Å². The smallest absolute Gasteiger partial charge is 0.0423 e. The molecule has 0 radical (unpaired) electrons. The second kappa shape index (κ2) is 6.72. The van der Waals surface area contributed by atoms with Crippen molar-refractivity contribution in [3.05, 3.63) is 35.4 Å². The van der Waals surface area contributed by atoms with Crippen molar-refractivity contribution in [3.8, 4) is 0 Å². The number of rotatable bonds is 4. The molecule has 0 bridgehead atoms. The number of aryl methyl sites for hydroxylation is 1. The van der Waals surface area contributed by atoms with E-state index in [-0.39, 0.29) is 6.04 Å². The molecule has 0 amide bonds. The van der Waals surface area contributed by atoms with E-state index in [4.69, 9.17) is 5.73 Å². The average Bonchev–Trinajstić information content (AvgIpc) is 2.40. The molecule has 2 N–H and O–H groups in total. The third-order valence-corrected chi connectivity index (χ3v) is 6.03. The zero-order valence-electron chi connectivity index (χ0n) is 10.4. The average molecular weight is 267 g/mol. The third-order valence-electron chi connectivity index (χ3n) is 3.15. The lowest BCUT2D eigenvalue weighted by molar-refractivity contribution is 0.719. The van der Waals surface area contributed by atoms with Gasteiger partial charge in [0.2, 0.25) is 0 Å². The van der Waals surface area contributed by atoms with Crippen molar-refractivity contribution >= 4 is 23.5 Å². The SMILES string of the molecule is CCCc1ccc(C(N)C2CSCCS2)cc1. The van der Waals surface area contributed by atoms with E-state index >= 15 is 0 Å². The Morgan fingerprint density at radius 1 is 1.29 bits per heavy atom. The van der Waals surface area contributed by atoms with Crippen molar-refractivity contribution in [3.63, 3.8) is 0 Å². The summed E-state index contributed by atoms with van der Waals surface area (Å²) in [6.07, 6.45) is 2.38. The van der Waals surface area contributed by atoms with Crippen LogP contribution in [-0.2, 0) is 6.42 Å². The van der Waals surface area contributed by atoms with Gasteiger partial charge in [-0.15, -0.1) is 0 Å². The van der Waals surface area contributed by atoms with Gasteiger partial charge >= 0.3 is 0 Å². The van der Waals surface area contributed by atoms with E-state index < -0.39 is 0 Å². The maximum atomic E-state index is 6.36. The lowest BCUT2D eigenvalue weighted by Crippen LogP contribution is -2.28. The van der Waals surface area contributed by atoms with E-state index in [0.717, 1.165) is 0 Å². The summed E-state index contributed by atoms with van der Waals surface area (Å²) in [5.41, 5.74) is 9.08. The van der Waals surface area contributed by atoms with Gasteiger partial charge in [0.15, 0.2) is 0 Å². The first-order valence-corrected chi connectivity index (χ1v) is 8.55. The second-order valence-electron chi connectivity index (χ2n) is 4.50. The van der Waals surface area contributed by atoms with E-state index in [9.17, 15) is 0 Å². The first kappa shape index (κ1) is 13.3. The van der Waals surface area contributed by atoms with Gasteiger partial charge in [-0.25, -0.2) is 0 Å². The molecule has 1 aromatic carbocycles. The number of nitrogens with two attached hydrogens (primary N) is 1. The fourth-order valence-electron chi connectivity index (χ4n) is 2.12.